The first-order valence-electron chi connectivity index (χ1n) is 10.8. The number of hydrogen-bond donors (Lipinski definition) is 1. The van der Waals surface area contributed by atoms with Gasteiger partial charge in [0.1, 0.15) is 5.69 Å². The lowest BCUT2D eigenvalue weighted by atomic mass is 9.93. The second-order valence-corrected chi connectivity index (χ2v) is 8.50. The third-order valence-electron chi connectivity index (χ3n) is 5.72. The molecule has 2 atom stereocenters. The second-order valence-electron chi connectivity index (χ2n) is 8.50. The van der Waals surface area contributed by atoms with Crippen molar-refractivity contribution in [1.29, 1.82) is 0 Å². The maximum absolute atomic E-state index is 13.1. The van der Waals surface area contributed by atoms with Crippen LogP contribution in [0.3, 0.4) is 0 Å². The van der Waals surface area contributed by atoms with Crippen LogP contribution in [-0.4, -0.2) is 39.9 Å². The molecule has 1 amide bonds. The summed E-state index contributed by atoms with van der Waals surface area (Å²) in [7, 11) is 0. The molecule has 158 valence electrons. The van der Waals surface area contributed by atoms with Crippen LogP contribution in [0.5, 0.6) is 0 Å². The van der Waals surface area contributed by atoms with Gasteiger partial charge in [-0.1, -0.05) is 32.0 Å². The van der Waals surface area contributed by atoms with Gasteiger partial charge in [0.15, 0.2) is 0 Å². The summed E-state index contributed by atoms with van der Waals surface area (Å²) in [4.78, 5) is 17.5. The lowest BCUT2D eigenvalue weighted by molar-refractivity contribution is 0.0914. The highest BCUT2D eigenvalue weighted by Gasteiger charge is 2.31. The Morgan fingerprint density at radius 1 is 1.27 bits per heavy atom. The summed E-state index contributed by atoms with van der Waals surface area (Å²) in [5.74, 6) is 0.663. The summed E-state index contributed by atoms with van der Waals surface area (Å²) < 4.78 is 7.55. The minimum absolute atomic E-state index is 0.0156. The first-order chi connectivity index (χ1) is 14.5. The van der Waals surface area contributed by atoms with Crippen molar-refractivity contribution in [2.24, 2.45) is 11.8 Å². The van der Waals surface area contributed by atoms with Crippen LogP contribution in [0.15, 0.2) is 42.6 Å². The van der Waals surface area contributed by atoms with Crippen LogP contribution in [0, 0.1) is 11.8 Å². The largest absolute Gasteiger partial charge is 0.379 e. The predicted octanol–water partition coefficient (Wildman–Crippen LogP) is 3.64. The number of nitrogens with zero attached hydrogens (tertiary/aromatic N) is 3. The SMILES string of the molecule is CCn1nc(CC(C)C)cc1C(=O)N[C@@H]1COC[C@H]1Cc1ccnc2ccccc12. The summed E-state index contributed by atoms with van der Waals surface area (Å²) in [5, 5.41) is 8.98. The smallest absolute Gasteiger partial charge is 0.269 e. The van der Waals surface area contributed by atoms with E-state index in [2.05, 4.69) is 41.4 Å². The molecule has 6 nitrogen and oxygen atoms in total. The molecule has 3 heterocycles. The number of carbonyl (C=O) groups excluding carboxylic acids is 1. The summed E-state index contributed by atoms with van der Waals surface area (Å²) in [6.07, 6.45) is 3.58. The van der Waals surface area contributed by atoms with Crippen LogP contribution in [-0.2, 0) is 24.1 Å². The Balaban J connectivity index is 1.49. The van der Waals surface area contributed by atoms with Gasteiger partial charge in [-0.2, -0.15) is 5.10 Å². The normalized spacial score (nSPS) is 18.9. The zero-order valence-corrected chi connectivity index (χ0v) is 18.0. The molecule has 30 heavy (non-hydrogen) atoms. The van der Waals surface area contributed by atoms with Gasteiger partial charge in [-0.25, -0.2) is 0 Å². The molecule has 1 aromatic carbocycles. The average molecular weight is 407 g/mol. The standard InChI is InChI=1S/C24H30N4O2/c1-4-28-23(13-19(27-28)11-16(2)3)24(29)26-22-15-30-14-18(22)12-17-9-10-25-21-8-6-5-7-20(17)21/h5-10,13,16,18,22H,4,11-12,14-15H2,1-3H3,(H,26,29)/t18-,22-/m1/s1. The fourth-order valence-electron chi connectivity index (χ4n) is 4.23. The van der Waals surface area contributed by atoms with Gasteiger partial charge in [0, 0.05) is 24.0 Å². The number of fused-ring (bicyclic) bond motifs is 1. The highest BCUT2D eigenvalue weighted by Crippen LogP contribution is 2.24. The Morgan fingerprint density at radius 2 is 2.10 bits per heavy atom. The number of rotatable bonds is 7. The Hall–Kier alpha value is -2.73. The van der Waals surface area contributed by atoms with Crippen LogP contribution in [0.25, 0.3) is 10.9 Å². The maximum atomic E-state index is 13.1. The van der Waals surface area contributed by atoms with Gasteiger partial charge in [0.25, 0.3) is 5.91 Å². The van der Waals surface area contributed by atoms with Crippen molar-refractivity contribution < 1.29 is 9.53 Å². The molecule has 4 rings (SSSR count). The minimum atomic E-state index is -0.0700. The molecule has 2 aromatic heterocycles. The molecule has 0 radical (unpaired) electrons. The van der Waals surface area contributed by atoms with Crippen molar-refractivity contribution in [2.75, 3.05) is 13.2 Å². The third kappa shape index (κ3) is 4.38. The predicted molar refractivity (Wildman–Crippen MR) is 117 cm³/mol. The molecule has 6 heteroatoms. The number of aromatic nitrogens is 3. The van der Waals surface area contributed by atoms with Crippen molar-refractivity contribution >= 4 is 16.8 Å². The molecular weight excluding hydrogens is 376 g/mol. The quantitative estimate of drug-likeness (QED) is 0.650. The lowest BCUT2D eigenvalue weighted by Gasteiger charge is -2.20. The fourth-order valence-corrected chi connectivity index (χ4v) is 4.23. The van der Waals surface area contributed by atoms with Gasteiger partial charge in [0.05, 0.1) is 30.5 Å². The van der Waals surface area contributed by atoms with Gasteiger partial charge < -0.3 is 10.1 Å². The van der Waals surface area contributed by atoms with Crippen molar-refractivity contribution in [2.45, 2.75) is 46.2 Å². The molecule has 1 N–H and O–H groups in total. The fraction of sp³-hybridized carbons (Fsp3) is 0.458. The van der Waals surface area contributed by atoms with E-state index in [0.717, 1.165) is 24.1 Å². The van der Waals surface area contributed by atoms with Crippen molar-refractivity contribution in [1.82, 2.24) is 20.1 Å². The Kier molecular flexibility index (Phi) is 6.13. The summed E-state index contributed by atoms with van der Waals surface area (Å²) in [5.41, 5.74) is 3.85. The van der Waals surface area contributed by atoms with Crippen LogP contribution in [0.1, 0.15) is 42.5 Å². The van der Waals surface area contributed by atoms with Crippen LogP contribution < -0.4 is 5.32 Å². The van der Waals surface area contributed by atoms with E-state index in [1.54, 1.807) is 4.68 Å². The number of hydrogen-bond acceptors (Lipinski definition) is 4. The Bertz CT molecular complexity index is 1020. The molecule has 0 saturated carbocycles. The number of ether oxygens (including phenoxy) is 1. The summed E-state index contributed by atoms with van der Waals surface area (Å²) >= 11 is 0. The molecule has 1 saturated heterocycles. The topological polar surface area (TPSA) is 69.0 Å². The Labute approximate surface area is 177 Å². The van der Waals surface area contributed by atoms with E-state index < -0.39 is 0 Å². The maximum Gasteiger partial charge on any atom is 0.269 e. The first kappa shape index (κ1) is 20.5. The van der Waals surface area contributed by atoms with Crippen LogP contribution >= 0.6 is 0 Å². The third-order valence-corrected chi connectivity index (χ3v) is 5.72. The van der Waals surface area contributed by atoms with Gasteiger partial charge >= 0.3 is 0 Å². The molecule has 3 aromatic rings. The number of aryl methyl sites for hydroxylation is 1. The molecule has 1 aliphatic rings. The number of nitrogens with one attached hydrogen (secondary N) is 1. The second kappa shape index (κ2) is 8.96. The van der Waals surface area contributed by atoms with Crippen molar-refractivity contribution in [3.8, 4) is 0 Å². The molecule has 1 fully saturated rings. The average Bonchev–Trinajstić information content (AvgIpc) is 3.34. The van der Waals surface area contributed by atoms with E-state index >= 15 is 0 Å². The molecular formula is C24H30N4O2. The monoisotopic (exact) mass is 406 g/mol. The molecule has 0 spiro atoms. The van der Waals surface area contributed by atoms with Crippen LogP contribution in [0.2, 0.25) is 0 Å². The van der Waals surface area contributed by atoms with Gasteiger partial charge in [-0.15, -0.1) is 0 Å². The number of benzene rings is 1. The van der Waals surface area contributed by atoms with Crippen molar-refractivity contribution in [3.63, 3.8) is 0 Å². The summed E-state index contributed by atoms with van der Waals surface area (Å²) in [6.45, 7) is 8.20. The highest BCUT2D eigenvalue weighted by atomic mass is 16.5. The van der Waals surface area contributed by atoms with E-state index in [0.29, 0.717) is 31.4 Å². The molecule has 0 aliphatic carbocycles. The highest BCUT2D eigenvalue weighted by molar-refractivity contribution is 5.93. The van der Waals surface area contributed by atoms with E-state index in [9.17, 15) is 4.79 Å². The Morgan fingerprint density at radius 3 is 2.90 bits per heavy atom. The van der Waals surface area contributed by atoms with E-state index in [1.807, 2.05) is 37.4 Å². The number of pyridine rings is 1. The van der Waals surface area contributed by atoms with Crippen LogP contribution in [0.4, 0.5) is 0 Å². The number of amides is 1. The number of carbonyl (C=O) groups is 1. The van der Waals surface area contributed by atoms with E-state index in [-0.39, 0.29) is 17.9 Å². The molecule has 1 aliphatic heterocycles. The van der Waals surface area contributed by atoms with E-state index in [1.165, 1.54) is 10.9 Å². The minimum Gasteiger partial charge on any atom is -0.379 e. The van der Waals surface area contributed by atoms with Gasteiger partial charge in [0.2, 0.25) is 0 Å². The van der Waals surface area contributed by atoms with Crippen molar-refractivity contribution in [3.05, 3.63) is 59.5 Å². The van der Waals surface area contributed by atoms with Gasteiger partial charge in [-0.05, 0) is 49.4 Å². The van der Waals surface area contributed by atoms with Gasteiger partial charge in [-0.3, -0.25) is 14.5 Å². The summed E-state index contributed by atoms with van der Waals surface area (Å²) in [6, 6.07) is 12.2. The number of para-hydroxylation sites is 1. The molecule has 0 unspecified atom stereocenters. The zero-order chi connectivity index (χ0) is 21.1. The first-order valence-corrected chi connectivity index (χ1v) is 10.8. The lowest BCUT2D eigenvalue weighted by Crippen LogP contribution is -2.41. The van der Waals surface area contributed by atoms with E-state index in [4.69, 9.17) is 4.74 Å². The molecule has 0 bridgehead atoms. The zero-order valence-electron chi connectivity index (χ0n) is 18.0.